The summed E-state index contributed by atoms with van der Waals surface area (Å²) in [6.07, 6.45) is 9.98. The molecule has 3 saturated heterocycles. The normalized spacial score (nSPS) is 20.6. The molecule has 0 spiro atoms. The van der Waals surface area contributed by atoms with Gasteiger partial charge in [-0.05, 0) is 45.7 Å². The van der Waals surface area contributed by atoms with Crippen LogP contribution in [0.15, 0.2) is 24.4 Å². The minimum absolute atomic E-state index is 0.00172. The second-order valence-electron chi connectivity index (χ2n) is 11.5. The molecule has 1 atom stereocenters. The number of benzene rings is 1. The number of fused-ring (bicyclic) bond motifs is 3. The molecule has 9 nitrogen and oxygen atoms in total. The number of alkyl halides is 1. The van der Waals surface area contributed by atoms with Crippen LogP contribution < -0.4 is 20.7 Å². The van der Waals surface area contributed by atoms with Crippen LogP contribution in [-0.2, 0) is 6.67 Å². The van der Waals surface area contributed by atoms with Crippen molar-refractivity contribution in [1.29, 1.82) is 0 Å². The predicted molar refractivity (Wildman–Crippen MR) is 162 cm³/mol. The van der Waals surface area contributed by atoms with Crippen LogP contribution in [0.5, 0.6) is 6.01 Å². The van der Waals surface area contributed by atoms with Gasteiger partial charge in [0.25, 0.3) is 0 Å². The van der Waals surface area contributed by atoms with E-state index >= 15 is 8.78 Å². The van der Waals surface area contributed by atoms with Crippen LogP contribution in [0.2, 0.25) is 0 Å². The molecule has 0 bridgehead atoms. The average molecular weight is 611 g/mol. The number of nitrogen functional groups attached to an aromatic ring is 1. The zero-order valence-electron chi connectivity index (χ0n) is 23.9. The van der Waals surface area contributed by atoms with Gasteiger partial charge in [-0.15, -0.1) is 0 Å². The number of hydrogen-bond donors (Lipinski definition) is 2. The van der Waals surface area contributed by atoms with E-state index in [0.29, 0.717) is 30.9 Å². The second kappa shape index (κ2) is 11.2. The Morgan fingerprint density at radius 3 is 2.72 bits per heavy atom. The molecule has 1 unspecified atom stereocenters. The molecule has 0 aliphatic carbocycles. The molecule has 0 amide bonds. The van der Waals surface area contributed by atoms with Crippen LogP contribution in [0.1, 0.15) is 38.2 Å². The van der Waals surface area contributed by atoms with Gasteiger partial charge in [-0.1, -0.05) is 23.5 Å². The van der Waals surface area contributed by atoms with Crippen molar-refractivity contribution < 1.29 is 17.9 Å². The van der Waals surface area contributed by atoms with Gasteiger partial charge in [0.15, 0.2) is 5.13 Å². The van der Waals surface area contributed by atoms with Crippen molar-refractivity contribution in [3.8, 4) is 17.3 Å². The van der Waals surface area contributed by atoms with E-state index in [2.05, 4.69) is 31.2 Å². The first kappa shape index (κ1) is 28.2. The average Bonchev–Trinajstić information content (AvgIpc) is 3.70. The molecular formula is C30H33F3N8OS. The number of halogens is 3. The van der Waals surface area contributed by atoms with Crippen molar-refractivity contribution in [1.82, 2.24) is 30.2 Å². The summed E-state index contributed by atoms with van der Waals surface area (Å²) in [6.45, 7) is 5.55. The number of hydrogen-bond acceptors (Lipinski definition) is 10. The maximum absolute atomic E-state index is 15.4. The molecular weight excluding hydrogens is 577 g/mol. The second-order valence-corrected chi connectivity index (χ2v) is 12.5. The Morgan fingerprint density at radius 1 is 1.14 bits per heavy atom. The first-order valence-electron chi connectivity index (χ1n) is 14.7. The summed E-state index contributed by atoms with van der Waals surface area (Å²) < 4.78 is 51.5. The summed E-state index contributed by atoms with van der Waals surface area (Å²) in [4.78, 5) is 22.9. The molecule has 7 rings (SSSR count). The highest BCUT2D eigenvalue weighted by atomic mass is 32.1. The van der Waals surface area contributed by atoms with E-state index in [-0.39, 0.29) is 55.3 Å². The lowest BCUT2D eigenvalue weighted by molar-refractivity contribution is 0.108. The zero-order valence-corrected chi connectivity index (χ0v) is 24.7. The Morgan fingerprint density at radius 2 is 1.95 bits per heavy atom. The molecule has 1 aromatic carbocycles. The number of nitrogens with one attached hydrogen (secondary N) is 1. The summed E-state index contributed by atoms with van der Waals surface area (Å²) in [5.41, 5.74) is 6.06. The van der Waals surface area contributed by atoms with Gasteiger partial charge in [-0.2, -0.15) is 9.97 Å². The molecule has 3 aliphatic heterocycles. The van der Waals surface area contributed by atoms with Gasteiger partial charge < -0.3 is 20.7 Å². The number of anilines is 2. The van der Waals surface area contributed by atoms with Gasteiger partial charge in [0.2, 0.25) is 0 Å². The van der Waals surface area contributed by atoms with Crippen molar-refractivity contribution in [2.45, 2.75) is 50.9 Å². The molecule has 3 fully saturated rings. The number of aromatic nitrogens is 4. The van der Waals surface area contributed by atoms with Gasteiger partial charge in [-0.25, -0.2) is 18.2 Å². The summed E-state index contributed by atoms with van der Waals surface area (Å²) >= 11 is 0.902. The third-order valence-electron chi connectivity index (χ3n) is 8.97. The van der Waals surface area contributed by atoms with Crippen molar-refractivity contribution in [2.75, 3.05) is 50.0 Å². The van der Waals surface area contributed by atoms with E-state index in [4.69, 9.17) is 20.4 Å². The minimum Gasteiger partial charge on any atom is -0.461 e. The highest BCUT2D eigenvalue weighted by molar-refractivity contribution is 7.22. The lowest BCUT2D eigenvalue weighted by Gasteiger charge is -2.34. The standard InChI is InChI=1S/C30H33F3N8OS/c1-2-5-17-15-40(11-8-35-17)27-19-14-36-24(22-20(32)12-21(33)26-25(22)37-28(34)43-26)18(13-31)23(19)38-29(39-27)42-16-30-6-3-9-41(30)10-4-7-30/h2,5,12,14,17,35H,3-4,6-11,13,15-16H2,1H3,(H2,34,37)/b5-2+. The van der Waals surface area contributed by atoms with Gasteiger partial charge in [0.05, 0.1) is 37.9 Å². The molecule has 0 saturated carbocycles. The maximum atomic E-state index is 15.4. The summed E-state index contributed by atoms with van der Waals surface area (Å²) in [5, 5.41) is 4.08. The van der Waals surface area contributed by atoms with Crippen LogP contribution in [0.25, 0.3) is 32.4 Å². The Balaban J connectivity index is 1.38. The number of piperazine rings is 1. The van der Waals surface area contributed by atoms with Crippen molar-refractivity contribution >= 4 is 43.4 Å². The van der Waals surface area contributed by atoms with Crippen LogP contribution in [0.4, 0.5) is 24.1 Å². The molecule has 3 N–H and O–H groups in total. The highest BCUT2D eigenvalue weighted by Gasteiger charge is 2.45. The number of rotatable bonds is 7. The largest absolute Gasteiger partial charge is 0.461 e. The van der Waals surface area contributed by atoms with Crippen LogP contribution >= 0.6 is 11.3 Å². The third-order valence-corrected chi connectivity index (χ3v) is 9.86. The lowest BCUT2D eigenvalue weighted by atomic mass is 9.95. The topological polar surface area (TPSA) is 105 Å². The third kappa shape index (κ3) is 4.87. The van der Waals surface area contributed by atoms with E-state index < -0.39 is 18.3 Å². The maximum Gasteiger partial charge on any atom is 0.319 e. The van der Waals surface area contributed by atoms with E-state index in [9.17, 15) is 4.39 Å². The van der Waals surface area contributed by atoms with Crippen molar-refractivity contribution in [3.05, 3.63) is 41.6 Å². The Hall–Kier alpha value is -3.55. The first-order chi connectivity index (χ1) is 20.9. The van der Waals surface area contributed by atoms with E-state index in [1.165, 1.54) is 6.20 Å². The number of thiazole rings is 1. The molecule has 4 aromatic rings. The zero-order chi connectivity index (χ0) is 29.7. The van der Waals surface area contributed by atoms with Crippen molar-refractivity contribution in [2.24, 2.45) is 0 Å². The predicted octanol–water partition coefficient (Wildman–Crippen LogP) is 4.99. The fraction of sp³-hybridized carbons (Fsp3) is 0.467. The van der Waals surface area contributed by atoms with Gasteiger partial charge in [0.1, 0.15) is 30.7 Å². The summed E-state index contributed by atoms with van der Waals surface area (Å²) in [5.74, 6) is -1.10. The minimum atomic E-state index is -0.992. The Kier molecular flexibility index (Phi) is 7.34. The highest BCUT2D eigenvalue weighted by Crippen LogP contribution is 2.41. The molecule has 226 valence electrons. The van der Waals surface area contributed by atoms with Gasteiger partial charge >= 0.3 is 6.01 Å². The van der Waals surface area contributed by atoms with E-state index in [1.54, 1.807) is 0 Å². The van der Waals surface area contributed by atoms with Crippen molar-refractivity contribution in [3.63, 3.8) is 0 Å². The quantitative estimate of drug-likeness (QED) is 0.280. The number of nitrogens with two attached hydrogens (primary N) is 1. The monoisotopic (exact) mass is 610 g/mol. The van der Waals surface area contributed by atoms with Crippen LogP contribution in [0.3, 0.4) is 0 Å². The molecule has 13 heteroatoms. The first-order valence-corrected chi connectivity index (χ1v) is 15.5. The summed E-state index contributed by atoms with van der Waals surface area (Å²) in [7, 11) is 0. The number of pyridine rings is 1. The Labute approximate surface area is 251 Å². The smallest absolute Gasteiger partial charge is 0.319 e. The molecule has 0 radical (unpaired) electrons. The molecule has 3 aromatic heterocycles. The van der Waals surface area contributed by atoms with Crippen LogP contribution in [-0.4, -0.2) is 75.7 Å². The number of ether oxygens (including phenoxy) is 1. The number of allylic oxidation sites excluding steroid dienone is 1. The summed E-state index contributed by atoms with van der Waals surface area (Å²) in [6, 6.07) is 1.01. The van der Waals surface area contributed by atoms with Gasteiger partial charge in [0, 0.05) is 43.5 Å². The lowest BCUT2D eigenvalue weighted by Crippen LogP contribution is -2.50. The molecule has 3 aliphatic rings. The number of nitrogens with zero attached hydrogens (tertiary/aromatic N) is 6. The van der Waals surface area contributed by atoms with E-state index in [0.717, 1.165) is 62.7 Å². The van der Waals surface area contributed by atoms with E-state index in [1.807, 2.05) is 13.0 Å². The molecule has 6 heterocycles. The van der Waals surface area contributed by atoms with Crippen LogP contribution in [0, 0.1) is 11.6 Å². The molecule has 43 heavy (non-hydrogen) atoms. The fourth-order valence-electron chi connectivity index (χ4n) is 7.00. The SMILES string of the molecule is C/C=C/C1CN(c2nc(OCC34CCCN3CCC4)nc3c(CF)c(-c4c(F)cc(F)c5sc(N)nc45)ncc23)CCN1. The fourth-order valence-corrected chi connectivity index (χ4v) is 7.75. The Bertz CT molecular complexity index is 1720. The van der Waals surface area contributed by atoms with Gasteiger partial charge in [-0.3, -0.25) is 9.88 Å².